The minimum Gasteiger partial charge on any atom is -0.377 e. The highest BCUT2D eigenvalue weighted by Gasteiger charge is 2.14. The molecule has 0 saturated carbocycles. The molecule has 1 unspecified atom stereocenters. The van der Waals surface area contributed by atoms with Crippen molar-refractivity contribution in [3.05, 3.63) is 42.2 Å². The van der Waals surface area contributed by atoms with E-state index in [1.54, 1.807) is 10.9 Å². The van der Waals surface area contributed by atoms with Crippen LogP contribution < -0.4 is 5.73 Å². The molecule has 0 amide bonds. The molecule has 0 bridgehead atoms. The second-order valence-electron chi connectivity index (χ2n) is 4.39. The SMILES string of the molecule is CC(C)OCC(N)c1cnnn1-c1ccccc1. The fourth-order valence-electron chi connectivity index (χ4n) is 1.65. The zero-order valence-corrected chi connectivity index (χ0v) is 10.7. The molecule has 1 atom stereocenters. The smallest absolute Gasteiger partial charge is 0.0836 e. The van der Waals surface area contributed by atoms with Gasteiger partial charge in [-0.15, -0.1) is 5.10 Å². The highest BCUT2D eigenvalue weighted by Crippen LogP contribution is 2.14. The summed E-state index contributed by atoms with van der Waals surface area (Å²) in [6.45, 7) is 4.43. The average molecular weight is 246 g/mol. The lowest BCUT2D eigenvalue weighted by Crippen LogP contribution is -2.22. The number of hydrogen-bond donors (Lipinski definition) is 1. The Labute approximate surface area is 107 Å². The van der Waals surface area contributed by atoms with Crippen molar-refractivity contribution < 1.29 is 4.74 Å². The maximum Gasteiger partial charge on any atom is 0.0836 e. The van der Waals surface area contributed by atoms with Crippen molar-refractivity contribution in [1.82, 2.24) is 15.0 Å². The molecule has 0 saturated heterocycles. The molecule has 18 heavy (non-hydrogen) atoms. The number of nitrogens with zero attached hydrogens (tertiary/aromatic N) is 3. The monoisotopic (exact) mass is 246 g/mol. The lowest BCUT2D eigenvalue weighted by molar-refractivity contribution is 0.0672. The van der Waals surface area contributed by atoms with Crippen LogP contribution in [0.3, 0.4) is 0 Å². The molecule has 2 aromatic rings. The third-order valence-corrected chi connectivity index (χ3v) is 2.57. The van der Waals surface area contributed by atoms with E-state index in [-0.39, 0.29) is 12.1 Å². The number of benzene rings is 1. The molecular formula is C13H18N4O. The van der Waals surface area contributed by atoms with E-state index in [0.717, 1.165) is 11.4 Å². The Morgan fingerprint density at radius 2 is 2.00 bits per heavy atom. The molecule has 2 rings (SSSR count). The summed E-state index contributed by atoms with van der Waals surface area (Å²) < 4.78 is 7.27. The second-order valence-corrected chi connectivity index (χ2v) is 4.39. The van der Waals surface area contributed by atoms with Crippen molar-refractivity contribution in [3.63, 3.8) is 0 Å². The maximum atomic E-state index is 6.10. The predicted molar refractivity (Wildman–Crippen MR) is 69.4 cm³/mol. The summed E-state index contributed by atoms with van der Waals surface area (Å²) in [5.74, 6) is 0. The summed E-state index contributed by atoms with van der Waals surface area (Å²) in [5.41, 5.74) is 7.90. The summed E-state index contributed by atoms with van der Waals surface area (Å²) in [4.78, 5) is 0. The van der Waals surface area contributed by atoms with Crippen molar-refractivity contribution in [2.75, 3.05) is 6.61 Å². The molecule has 0 radical (unpaired) electrons. The quantitative estimate of drug-likeness (QED) is 0.872. The molecule has 0 aliphatic heterocycles. The van der Waals surface area contributed by atoms with Crippen LogP contribution in [0.2, 0.25) is 0 Å². The third kappa shape index (κ3) is 2.94. The molecule has 1 aromatic carbocycles. The molecule has 0 aliphatic carbocycles. The van der Waals surface area contributed by atoms with Crippen LogP contribution in [0, 0.1) is 0 Å². The normalized spacial score (nSPS) is 12.9. The molecule has 96 valence electrons. The minimum absolute atomic E-state index is 0.164. The Bertz CT molecular complexity index is 481. The van der Waals surface area contributed by atoms with E-state index in [0.29, 0.717) is 6.61 Å². The van der Waals surface area contributed by atoms with Crippen LogP contribution in [0.25, 0.3) is 5.69 Å². The van der Waals surface area contributed by atoms with Crippen molar-refractivity contribution in [3.8, 4) is 5.69 Å². The summed E-state index contributed by atoms with van der Waals surface area (Å²) in [5, 5.41) is 7.99. The third-order valence-electron chi connectivity index (χ3n) is 2.57. The Kier molecular flexibility index (Phi) is 4.07. The summed E-state index contributed by atoms with van der Waals surface area (Å²) in [6, 6.07) is 9.57. The molecule has 1 heterocycles. The van der Waals surface area contributed by atoms with Gasteiger partial charge in [0.25, 0.3) is 0 Å². The van der Waals surface area contributed by atoms with Gasteiger partial charge in [-0.2, -0.15) is 0 Å². The molecule has 5 nitrogen and oxygen atoms in total. The van der Waals surface area contributed by atoms with Crippen LogP contribution >= 0.6 is 0 Å². The van der Waals surface area contributed by atoms with Gasteiger partial charge in [0.1, 0.15) is 0 Å². The average Bonchev–Trinajstić information content (AvgIpc) is 2.86. The summed E-state index contributed by atoms with van der Waals surface area (Å²) >= 11 is 0. The minimum atomic E-state index is -0.234. The van der Waals surface area contributed by atoms with Crippen molar-refractivity contribution in [1.29, 1.82) is 0 Å². The van der Waals surface area contributed by atoms with Crippen molar-refractivity contribution >= 4 is 0 Å². The Morgan fingerprint density at radius 1 is 1.28 bits per heavy atom. The first-order valence-electron chi connectivity index (χ1n) is 6.01. The number of ether oxygens (including phenoxy) is 1. The Morgan fingerprint density at radius 3 is 2.67 bits per heavy atom. The van der Waals surface area contributed by atoms with Gasteiger partial charge in [0.05, 0.1) is 36.3 Å². The van der Waals surface area contributed by atoms with E-state index in [1.807, 2.05) is 44.2 Å². The molecule has 0 fully saturated rings. The first-order valence-corrected chi connectivity index (χ1v) is 6.01. The Hall–Kier alpha value is -1.72. The van der Waals surface area contributed by atoms with E-state index in [2.05, 4.69) is 10.3 Å². The topological polar surface area (TPSA) is 66.0 Å². The Balaban J connectivity index is 2.17. The van der Waals surface area contributed by atoms with Gasteiger partial charge >= 0.3 is 0 Å². The largest absolute Gasteiger partial charge is 0.377 e. The van der Waals surface area contributed by atoms with Gasteiger partial charge in [0.2, 0.25) is 0 Å². The van der Waals surface area contributed by atoms with E-state index in [1.165, 1.54) is 0 Å². The van der Waals surface area contributed by atoms with Gasteiger partial charge in [-0.1, -0.05) is 23.4 Å². The van der Waals surface area contributed by atoms with Crippen LogP contribution in [0.1, 0.15) is 25.6 Å². The lowest BCUT2D eigenvalue weighted by Gasteiger charge is -2.15. The highest BCUT2D eigenvalue weighted by molar-refractivity contribution is 5.32. The van der Waals surface area contributed by atoms with Gasteiger partial charge in [0.15, 0.2) is 0 Å². The van der Waals surface area contributed by atoms with Gasteiger partial charge in [-0.3, -0.25) is 0 Å². The molecular weight excluding hydrogens is 228 g/mol. The van der Waals surface area contributed by atoms with E-state index >= 15 is 0 Å². The first-order chi connectivity index (χ1) is 8.68. The number of nitrogens with two attached hydrogens (primary N) is 1. The molecule has 5 heteroatoms. The predicted octanol–water partition coefficient (Wildman–Crippen LogP) is 1.69. The zero-order chi connectivity index (χ0) is 13.0. The van der Waals surface area contributed by atoms with Crippen LogP contribution in [0.4, 0.5) is 0 Å². The van der Waals surface area contributed by atoms with Crippen molar-refractivity contribution in [2.24, 2.45) is 5.73 Å². The van der Waals surface area contributed by atoms with Crippen LogP contribution in [0.15, 0.2) is 36.5 Å². The number of rotatable bonds is 5. The van der Waals surface area contributed by atoms with Crippen LogP contribution in [-0.4, -0.2) is 27.7 Å². The van der Waals surface area contributed by atoms with Crippen LogP contribution in [-0.2, 0) is 4.74 Å². The van der Waals surface area contributed by atoms with Gasteiger partial charge in [-0.05, 0) is 26.0 Å². The maximum absolute atomic E-state index is 6.10. The summed E-state index contributed by atoms with van der Waals surface area (Å²) in [7, 11) is 0. The van der Waals surface area contributed by atoms with E-state index in [9.17, 15) is 0 Å². The molecule has 2 N–H and O–H groups in total. The number of hydrogen-bond acceptors (Lipinski definition) is 4. The lowest BCUT2D eigenvalue weighted by atomic mass is 10.2. The highest BCUT2D eigenvalue weighted by atomic mass is 16.5. The fourth-order valence-corrected chi connectivity index (χ4v) is 1.65. The van der Waals surface area contributed by atoms with Crippen LogP contribution in [0.5, 0.6) is 0 Å². The first kappa shape index (κ1) is 12.7. The van der Waals surface area contributed by atoms with E-state index in [4.69, 9.17) is 10.5 Å². The molecule has 1 aromatic heterocycles. The number of aromatic nitrogens is 3. The van der Waals surface area contributed by atoms with E-state index < -0.39 is 0 Å². The summed E-state index contributed by atoms with van der Waals surface area (Å²) in [6.07, 6.45) is 1.85. The fraction of sp³-hybridized carbons (Fsp3) is 0.385. The second kappa shape index (κ2) is 5.75. The zero-order valence-electron chi connectivity index (χ0n) is 10.7. The van der Waals surface area contributed by atoms with Gasteiger partial charge in [-0.25, -0.2) is 4.68 Å². The van der Waals surface area contributed by atoms with Gasteiger partial charge < -0.3 is 10.5 Å². The van der Waals surface area contributed by atoms with Crippen molar-refractivity contribution in [2.45, 2.75) is 26.0 Å². The standard InChI is InChI=1S/C13H18N4O/c1-10(2)18-9-12(14)13-8-15-16-17(13)11-6-4-3-5-7-11/h3-8,10,12H,9,14H2,1-2H3. The van der Waals surface area contributed by atoms with Gasteiger partial charge in [0, 0.05) is 0 Å². The molecule has 0 spiro atoms. The number of para-hydroxylation sites is 1. The molecule has 0 aliphatic rings.